The lowest BCUT2D eigenvalue weighted by Crippen LogP contribution is -2.20. The Morgan fingerprint density at radius 1 is 0.853 bits per heavy atom. The molecule has 6 heteroatoms. The van der Waals surface area contributed by atoms with Gasteiger partial charge >= 0.3 is 0 Å². The predicted octanol–water partition coefficient (Wildman–Crippen LogP) is 5.44. The summed E-state index contributed by atoms with van der Waals surface area (Å²) in [4.78, 5) is 24.2. The highest BCUT2D eigenvalue weighted by Gasteiger charge is 2.08. The number of amides is 2. The topological polar surface area (TPSA) is 80.6 Å². The number of rotatable bonds is 9. The fourth-order valence-electron chi connectivity index (χ4n) is 3.18. The number of hydrogen-bond acceptors (Lipinski definition) is 4. The lowest BCUT2D eigenvalue weighted by Gasteiger charge is -2.07. The molecule has 34 heavy (non-hydrogen) atoms. The fraction of sp³-hybridized carbons (Fsp3) is 0.0714. The molecule has 1 heterocycles. The largest absolute Gasteiger partial charge is 0.489 e. The fourth-order valence-corrected chi connectivity index (χ4v) is 3.18. The number of ether oxygens (including phenoxy) is 1. The van der Waals surface area contributed by atoms with E-state index in [1.165, 1.54) is 12.3 Å². The molecule has 1 aromatic heterocycles. The second-order valence-corrected chi connectivity index (χ2v) is 7.53. The van der Waals surface area contributed by atoms with E-state index in [2.05, 4.69) is 10.6 Å². The molecule has 0 saturated carbocycles. The quantitative estimate of drug-likeness (QED) is 0.331. The highest BCUT2D eigenvalue weighted by atomic mass is 16.5. The maximum absolute atomic E-state index is 12.2. The van der Waals surface area contributed by atoms with Gasteiger partial charge < -0.3 is 19.8 Å². The number of carbonyl (C=O) groups excluding carboxylic acids is 2. The molecular weight excluding hydrogens is 428 g/mol. The van der Waals surface area contributed by atoms with Crippen molar-refractivity contribution in [3.8, 4) is 5.75 Å². The van der Waals surface area contributed by atoms with Crippen LogP contribution in [0.1, 0.15) is 27.2 Å². The van der Waals surface area contributed by atoms with Crippen molar-refractivity contribution in [1.29, 1.82) is 0 Å². The summed E-state index contributed by atoms with van der Waals surface area (Å²) in [5.74, 6) is 0.471. The second-order valence-electron chi connectivity index (χ2n) is 7.53. The number of nitrogens with one attached hydrogen (secondary N) is 2. The molecule has 0 atom stereocenters. The van der Waals surface area contributed by atoms with Crippen molar-refractivity contribution in [3.05, 3.63) is 126 Å². The normalized spacial score (nSPS) is 10.7. The number of hydrogen-bond donors (Lipinski definition) is 2. The van der Waals surface area contributed by atoms with E-state index in [0.29, 0.717) is 18.8 Å². The number of carbonyl (C=O) groups is 2. The monoisotopic (exact) mass is 452 g/mol. The Labute approximate surface area is 197 Å². The molecule has 0 aliphatic rings. The van der Waals surface area contributed by atoms with Crippen LogP contribution < -0.4 is 15.4 Å². The highest BCUT2D eigenvalue weighted by Crippen LogP contribution is 2.16. The summed E-state index contributed by atoms with van der Waals surface area (Å²) >= 11 is 0. The first kappa shape index (κ1) is 22.6. The van der Waals surface area contributed by atoms with E-state index in [-0.39, 0.29) is 17.6 Å². The van der Waals surface area contributed by atoms with Crippen LogP contribution in [0.4, 0.5) is 5.69 Å². The summed E-state index contributed by atoms with van der Waals surface area (Å²) in [6.07, 6.45) is 4.69. The first-order valence-corrected chi connectivity index (χ1v) is 10.8. The maximum atomic E-state index is 12.2. The Hall–Kier alpha value is -4.58. The molecule has 4 aromatic rings. The van der Waals surface area contributed by atoms with Gasteiger partial charge in [-0.15, -0.1) is 0 Å². The Balaban J connectivity index is 1.24. The summed E-state index contributed by atoms with van der Waals surface area (Å²) in [5, 5.41) is 5.61. The first-order valence-electron chi connectivity index (χ1n) is 10.8. The van der Waals surface area contributed by atoms with E-state index >= 15 is 0 Å². The minimum Gasteiger partial charge on any atom is -0.489 e. The van der Waals surface area contributed by atoms with Crippen molar-refractivity contribution < 1.29 is 18.7 Å². The van der Waals surface area contributed by atoms with E-state index < -0.39 is 0 Å². The molecular formula is C28H24N2O4. The average molecular weight is 453 g/mol. The van der Waals surface area contributed by atoms with Gasteiger partial charge in [-0.25, -0.2) is 0 Å². The van der Waals surface area contributed by atoms with E-state index in [9.17, 15) is 9.59 Å². The van der Waals surface area contributed by atoms with Crippen molar-refractivity contribution in [2.75, 3.05) is 5.32 Å². The van der Waals surface area contributed by atoms with Crippen LogP contribution >= 0.6 is 0 Å². The van der Waals surface area contributed by atoms with Gasteiger partial charge in [-0.3, -0.25) is 9.59 Å². The molecule has 0 aliphatic heterocycles. The van der Waals surface area contributed by atoms with Gasteiger partial charge in [0.1, 0.15) is 12.4 Å². The standard InChI is InChI=1S/C28H24N2O4/c31-27(16-13-21-8-4-9-25(18-21)34-20-23-6-2-1-3-7-23)29-19-22-11-14-24(15-12-22)30-28(32)26-10-5-17-33-26/h1-18H,19-20H2,(H,29,31)(H,30,32)/b16-13+. The summed E-state index contributed by atoms with van der Waals surface area (Å²) < 4.78 is 10.9. The average Bonchev–Trinajstić information content (AvgIpc) is 3.42. The van der Waals surface area contributed by atoms with Crippen molar-refractivity contribution in [2.45, 2.75) is 13.2 Å². The molecule has 4 rings (SSSR count). The Bertz CT molecular complexity index is 1250. The lowest BCUT2D eigenvalue weighted by atomic mass is 10.2. The smallest absolute Gasteiger partial charge is 0.291 e. The van der Waals surface area contributed by atoms with Gasteiger partial charge in [0.05, 0.1) is 6.26 Å². The Kier molecular flexibility index (Phi) is 7.54. The minimum atomic E-state index is -0.314. The highest BCUT2D eigenvalue weighted by molar-refractivity contribution is 6.02. The van der Waals surface area contributed by atoms with Crippen molar-refractivity contribution in [3.63, 3.8) is 0 Å². The van der Waals surface area contributed by atoms with Gasteiger partial charge in [-0.05, 0) is 59.2 Å². The summed E-state index contributed by atoms with van der Waals surface area (Å²) in [6, 6.07) is 28.0. The molecule has 0 saturated heterocycles. The number of furan rings is 1. The van der Waals surface area contributed by atoms with Crippen LogP contribution in [0.15, 0.2) is 108 Å². The summed E-state index contributed by atoms with van der Waals surface area (Å²) in [5.41, 5.74) is 3.52. The second kappa shape index (κ2) is 11.3. The molecule has 0 radical (unpaired) electrons. The third-order valence-corrected chi connectivity index (χ3v) is 4.96. The summed E-state index contributed by atoms with van der Waals surface area (Å²) in [6.45, 7) is 0.857. The van der Waals surface area contributed by atoms with Crippen LogP contribution in [0.25, 0.3) is 6.08 Å². The molecule has 6 nitrogen and oxygen atoms in total. The number of anilines is 1. The van der Waals surface area contributed by atoms with Crippen LogP contribution in [0.2, 0.25) is 0 Å². The van der Waals surface area contributed by atoms with Crippen molar-refractivity contribution in [2.24, 2.45) is 0 Å². The van der Waals surface area contributed by atoms with Crippen LogP contribution in [-0.2, 0) is 17.9 Å². The number of benzene rings is 3. The van der Waals surface area contributed by atoms with Gasteiger partial charge in [0, 0.05) is 18.3 Å². The van der Waals surface area contributed by atoms with E-state index in [1.54, 1.807) is 30.3 Å². The Morgan fingerprint density at radius 2 is 1.68 bits per heavy atom. The van der Waals surface area contributed by atoms with Gasteiger partial charge in [-0.2, -0.15) is 0 Å². The van der Waals surface area contributed by atoms with Gasteiger partial charge in [0.2, 0.25) is 5.91 Å². The zero-order valence-electron chi connectivity index (χ0n) is 18.4. The van der Waals surface area contributed by atoms with Crippen molar-refractivity contribution in [1.82, 2.24) is 5.32 Å². The van der Waals surface area contributed by atoms with Gasteiger partial charge in [-0.1, -0.05) is 54.6 Å². The molecule has 2 amide bonds. The van der Waals surface area contributed by atoms with Crippen LogP contribution in [0.5, 0.6) is 5.75 Å². The van der Waals surface area contributed by atoms with Gasteiger partial charge in [0.25, 0.3) is 5.91 Å². The lowest BCUT2D eigenvalue weighted by molar-refractivity contribution is -0.116. The third-order valence-electron chi connectivity index (χ3n) is 4.96. The molecule has 0 spiro atoms. The summed E-state index contributed by atoms with van der Waals surface area (Å²) in [7, 11) is 0. The van der Waals surface area contributed by atoms with Crippen molar-refractivity contribution >= 4 is 23.6 Å². The molecule has 2 N–H and O–H groups in total. The van der Waals surface area contributed by atoms with E-state index in [0.717, 1.165) is 22.4 Å². The molecule has 0 aliphatic carbocycles. The Morgan fingerprint density at radius 3 is 2.44 bits per heavy atom. The van der Waals surface area contributed by atoms with E-state index in [4.69, 9.17) is 9.15 Å². The molecule has 3 aromatic carbocycles. The van der Waals surface area contributed by atoms with Gasteiger partial charge in [0.15, 0.2) is 5.76 Å². The van der Waals surface area contributed by atoms with Crippen LogP contribution in [0.3, 0.4) is 0 Å². The predicted molar refractivity (Wildman–Crippen MR) is 131 cm³/mol. The van der Waals surface area contributed by atoms with Crippen LogP contribution in [0, 0.1) is 0 Å². The first-order chi connectivity index (χ1) is 16.7. The maximum Gasteiger partial charge on any atom is 0.291 e. The molecule has 0 bridgehead atoms. The SMILES string of the molecule is O=C(/C=C/c1cccc(OCc2ccccc2)c1)NCc1ccc(NC(=O)c2ccco2)cc1. The zero-order chi connectivity index (χ0) is 23.6. The molecule has 0 unspecified atom stereocenters. The minimum absolute atomic E-state index is 0.203. The molecule has 0 fully saturated rings. The third kappa shape index (κ3) is 6.71. The van der Waals surface area contributed by atoms with E-state index in [1.807, 2.05) is 66.7 Å². The van der Waals surface area contributed by atoms with Crippen LogP contribution in [-0.4, -0.2) is 11.8 Å². The zero-order valence-corrected chi connectivity index (χ0v) is 18.4. The molecule has 170 valence electrons.